The predicted octanol–water partition coefficient (Wildman–Crippen LogP) is 3.64. The maximum absolute atomic E-state index is 5.68. The molecule has 0 aliphatic carbocycles. The lowest BCUT2D eigenvalue weighted by molar-refractivity contribution is 0.145. The van der Waals surface area contributed by atoms with Gasteiger partial charge in [0.05, 0.1) is 13.2 Å². The molecule has 1 aromatic heterocycles. The molecule has 1 atom stereocenters. The summed E-state index contributed by atoms with van der Waals surface area (Å²) in [6.45, 7) is 3.53. The van der Waals surface area contributed by atoms with E-state index < -0.39 is 0 Å². The van der Waals surface area contributed by atoms with Crippen molar-refractivity contribution in [2.24, 2.45) is 0 Å². The molecule has 19 heavy (non-hydrogen) atoms. The first kappa shape index (κ1) is 12.6. The Bertz CT molecular complexity index is 547. The Morgan fingerprint density at radius 1 is 1.42 bits per heavy atom. The molecule has 0 radical (unpaired) electrons. The molecule has 0 unspecified atom stereocenters. The van der Waals surface area contributed by atoms with Crippen LogP contribution < -0.4 is 4.74 Å². The van der Waals surface area contributed by atoms with E-state index in [9.17, 15) is 0 Å². The zero-order valence-corrected chi connectivity index (χ0v) is 11.7. The maximum Gasteiger partial charge on any atom is 0.130 e. The standard InChI is InChI=1S/C15H17NO2S/c1-2-17-14-5-3-4-13(10-14)16-7-6-12(11-16)15-18-8-9-19-15/h3-7,10-11,15H,2,8-9H2,1H3/t15-/m1/s1. The monoisotopic (exact) mass is 275 g/mol. The van der Waals surface area contributed by atoms with Crippen LogP contribution in [-0.2, 0) is 4.74 Å². The Hall–Kier alpha value is -1.39. The van der Waals surface area contributed by atoms with Gasteiger partial charge in [-0.05, 0) is 25.1 Å². The molecule has 0 bridgehead atoms. The lowest BCUT2D eigenvalue weighted by Gasteiger charge is -2.08. The third-order valence-electron chi connectivity index (χ3n) is 3.04. The number of thioether (sulfide) groups is 1. The van der Waals surface area contributed by atoms with Gasteiger partial charge in [-0.15, -0.1) is 11.8 Å². The highest BCUT2D eigenvalue weighted by molar-refractivity contribution is 7.99. The van der Waals surface area contributed by atoms with Gasteiger partial charge in [0.25, 0.3) is 0 Å². The molecule has 3 rings (SSSR count). The van der Waals surface area contributed by atoms with Crippen LogP contribution >= 0.6 is 11.8 Å². The van der Waals surface area contributed by atoms with Gasteiger partial charge in [-0.25, -0.2) is 0 Å². The van der Waals surface area contributed by atoms with E-state index in [1.807, 2.05) is 30.8 Å². The number of aromatic nitrogens is 1. The van der Waals surface area contributed by atoms with Crippen molar-refractivity contribution in [2.75, 3.05) is 19.0 Å². The summed E-state index contributed by atoms with van der Waals surface area (Å²) < 4.78 is 13.3. The van der Waals surface area contributed by atoms with E-state index >= 15 is 0 Å². The molecule has 1 aromatic carbocycles. The second-order valence-electron chi connectivity index (χ2n) is 4.36. The van der Waals surface area contributed by atoms with Crippen LogP contribution in [0.1, 0.15) is 17.9 Å². The van der Waals surface area contributed by atoms with Gasteiger partial charge >= 0.3 is 0 Å². The Morgan fingerprint density at radius 2 is 2.37 bits per heavy atom. The molecule has 4 heteroatoms. The first-order valence-electron chi connectivity index (χ1n) is 6.51. The van der Waals surface area contributed by atoms with E-state index in [0.717, 1.165) is 23.8 Å². The zero-order valence-electron chi connectivity index (χ0n) is 10.9. The highest BCUT2D eigenvalue weighted by Crippen LogP contribution is 2.35. The van der Waals surface area contributed by atoms with Gasteiger partial charge in [-0.3, -0.25) is 0 Å². The molecule has 100 valence electrons. The summed E-state index contributed by atoms with van der Waals surface area (Å²) in [5.74, 6) is 1.98. The Balaban J connectivity index is 1.83. The molecule has 1 aliphatic rings. The van der Waals surface area contributed by atoms with Crippen molar-refractivity contribution in [3.8, 4) is 11.4 Å². The van der Waals surface area contributed by atoms with E-state index in [-0.39, 0.29) is 5.44 Å². The number of hydrogen-bond donors (Lipinski definition) is 0. The van der Waals surface area contributed by atoms with Crippen LogP contribution in [0.25, 0.3) is 5.69 Å². The first-order valence-corrected chi connectivity index (χ1v) is 7.56. The van der Waals surface area contributed by atoms with Crippen molar-refractivity contribution in [1.29, 1.82) is 0 Å². The minimum Gasteiger partial charge on any atom is -0.494 e. The van der Waals surface area contributed by atoms with Crippen LogP contribution in [0.3, 0.4) is 0 Å². The van der Waals surface area contributed by atoms with Crippen LogP contribution in [0.4, 0.5) is 0 Å². The lowest BCUT2D eigenvalue weighted by Crippen LogP contribution is -1.95. The van der Waals surface area contributed by atoms with Gasteiger partial charge < -0.3 is 14.0 Å². The number of ether oxygens (including phenoxy) is 2. The smallest absolute Gasteiger partial charge is 0.130 e. The minimum atomic E-state index is 0.191. The lowest BCUT2D eigenvalue weighted by atomic mass is 10.3. The maximum atomic E-state index is 5.68. The molecular weight excluding hydrogens is 258 g/mol. The molecule has 2 heterocycles. The Labute approximate surface area is 117 Å². The summed E-state index contributed by atoms with van der Waals surface area (Å²) in [4.78, 5) is 0. The van der Waals surface area contributed by atoms with Crippen LogP contribution in [0, 0.1) is 0 Å². The molecule has 2 aromatic rings. The highest BCUT2D eigenvalue weighted by atomic mass is 32.2. The van der Waals surface area contributed by atoms with Crippen LogP contribution in [0.5, 0.6) is 5.75 Å². The normalized spacial score (nSPS) is 18.7. The largest absolute Gasteiger partial charge is 0.494 e. The number of hydrogen-bond acceptors (Lipinski definition) is 3. The third kappa shape index (κ3) is 2.80. The van der Waals surface area contributed by atoms with Gasteiger partial charge in [0.2, 0.25) is 0 Å². The van der Waals surface area contributed by atoms with Crippen molar-refractivity contribution in [3.63, 3.8) is 0 Å². The number of rotatable bonds is 4. The average Bonchev–Trinajstić information content (AvgIpc) is 3.11. The molecule has 0 saturated carbocycles. The first-order chi connectivity index (χ1) is 9.36. The predicted molar refractivity (Wildman–Crippen MR) is 78.1 cm³/mol. The van der Waals surface area contributed by atoms with Crippen molar-refractivity contribution in [1.82, 2.24) is 4.57 Å². The summed E-state index contributed by atoms with van der Waals surface area (Å²) in [5, 5.41) is 0. The summed E-state index contributed by atoms with van der Waals surface area (Å²) in [6, 6.07) is 10.2. The van der Waals surface area contributed by atoms with Gasteiger partial charge in [0.1, 0.15) is 11.2 Å². The molecule has 1 fully saturated rings. The van der Waals surface area contributed by atoms with Gasteiger partial charge in [0.15, 0.2) is 0 Å². The van der Waals surface area contributed by atoms with Crippen LogP contribution in [0.2, 0.25) is 0 Å². The Kier molecular flexibility index (Phi) is 3.80. The van der Waals surface area contributed by atoms with Crippen molar-refractivity contribution < 1.29 is 9.47 Å². The Morgan fingerprint density at radius 3 is 3.16 bits per heavy atom. The van der Waals surface area contributed by atoms with Crippen LogP contribution in [0.15, 0.2) is 42.7 Å². The summed E-state index contributed by atoms with van der Waals surface area (Å²) in [5.41, 5.74) is 2.53. The van der Waals surface area contributed by atoms with E-state index in [1.54, 1.807) is 0 Å². The van der Waals surface area contributed by atoms with E-state index in [4.69, 9.17) is 9.47 Å². The van der Waals surface area contributed by atoms with Crippen molar-refractivity contribution in [2.45, 2.75) is 12.4 Å². The van der Waals surface area contributed by atoms with Crippen LogP contribution in [-0.4, -0.2) is 23.5 Å². The second-order valence-corrected chi connectivity index (χ2v) is 5.53. The average molecular weight is 275 g/mol. The van der Waals surface area contributed by atoms with Gasteiger partial charge in [-0.1, -0.05) is 6.07 Å². The fourth-order valence-electron chi connectivity index (χ4n) is 2.16. The topological polar surface area (TPSA) is 23.4 Å². The zero-order chi connectivity index (χ0) is 13.1. The minimum absolute atomic E-state index is 0.191. The van der Waals surface area contributed by atoms with Gasteiger partial charge in [0, 0.05) is 35.5 Å². The van der Waals surface area contributed by atoms with Crippen molar-refractivity contribution in [3.05, 3.63) is 48.3 Å². The third-order valence-corrected chi connectivity index (χ3v) is 4.15. The molecule has 1 aliphatic heterocycles. The molecule has 3 nitrogen and oxygen atoms in total. The SMILES string of the molecule is CCOc1cccc(-n2ccc([C@@H]3OCCS3)c2)c1. The fraction of sp³-hybridized carbons (Fsp3) is 0.333. The summed E-state index contributed by atoms with van der Waals surface area (Å²) in [7, 11) is 0. The van der Waals surface area contributed by atoms with Crippen molar-refractivity contribution >= 4 is 11.8 Å². The molecule has 0 N–H and O–H groups in total. The van der Waals surface area contributed by atoms with E-state index in [2.05, 4.69) is 35.2 Å². The summed E-state index contributed by atoms with van der Waals surface area (Å²) >= 11 is 1.86. The number of benzene rings is 1. The molecule has 0 spiro atoms. The highest BCUT2D eigenvalue weighted by Gasteiger charge is 2.19. The number of nitrogens with zero attached hydrogens (tertiary/aromatic N) is 1. The van der Waals surface area contributed by atoms with E-state index in [0.29, 0.717) is 6.61 Å². The quantitative estimate of drug-likeness (QED) is 0.851. The van der Waals surface area contributed by atoms with E-state index in [1.165, 1.54) is 5.56 Å². The fourth-order valence-corrected chi connectivity index (χ4v) is 3.10. The summed E-state index contributed by atoms with van der Waals surface area (Å²) in [6.07, 6.45) is 4.21. The second kappa shape index (κ2) is 5.72. The van der Waals surface area contributed by atoms with Gasteiger partial charge in [-0.2, -0.15) is 0 Å². The molecular formula is C15H17NO2S. The molecule has 1 saturated heterocycles. The molecule has 0 amide bonds.